The quantitative estimate of drug-likeness (QED) is 0.367. The Morgan fingerprint density at radius 3 is 2.05 bits per heavy atom. The molecule has 0 aliphatic heterocycles. The molecule has 0 aliphatic carbocycles. The molecule has 0 saturated heterocycles. The normalized spacial score (nSPS) is 10.8. The smallest absolute Gasteiger partial charge is 0.269 e. The molecule has 0 spiro atoms. The first-order valence-electron chi connectivity index (χ1n) is 6.95. The summed E-state index contributed by atoms with van der Waals surface area (Å²) in [6.45, 7) is 0.616. The zero-order valence-corrected chi connectivity index (χ0v) is 12.0. The molecule has 0 aliphatic rings. The Morgan fingerprint density at radius 1 is 1.00 bits per heavy atom. The van der Waals surface area contributed by atoms with E-state index in [1.54, 1.807) is 12.1 Å². The summed E-state index contributed by atoms with van der Waals surface area (Å²) in [4.78, 5) is 10.2. The van der Waals surface area contributed by atoms with Gasteiger partial charge in [-0.05, 0) is 35.4 Å². The monoisotopic (exact) mass is 299 g/mol. The van der Waals surface area contributed by atoms with E-state index in [2.05, 4.69) is 0 Å². The van der Waals surface area contributed by atoms with Crippen LogP contribution in [0.1, 0.15) is 17.5 Å². The number of hydrogen-bond donors (Lipinski definition) is 1. The Balaban J connectivity index is 1.96. The topological polar surface area (TPSA) is 72.6 Å². The van der Waals surface area contributed by atoms with Gasteiger partial charge in [-0.15, -0.1) is 0 Å². The van der Waals surface area contributed by atoms with Gasteiger partial charge in [-0.2, -0.15) is 0 Å². The summed E-state index contributed by atoms with van der Waals surface area (Å²) in [5.74, 6) is 0.765. The van der Waals surface area contributed by atoms with Crippen LogP contribution in [0.5, 0.6) is 5.75 Å². The largest absolute Gasteiger partial charge is 0.494 e. The Morgan fingerprint density at radius 2 is 1.55 bits per heavy atom. The van der Waals surface area contributed by atoms with Crippen molar-refractivity contribution >= 4 is 17.8 Å². The van der Waals surface area contributed by atoms with Crippen LogP contribution in [0.3, 0.4) is 0 Å². The third-order valence-corrected chi connectivity index (χ3v) is 3.02. The summed E-state index contributed by atoms with van der Waals surface area (Å²) in [6, 6.07) is 14.0. The number of nitro groups is 1. The van der Waals surface area contributed by atoms with Gasteiger partial charge in [-0.25, -0.2) is 0 Å². The van der Waals surface area contributed by atoms with Crippen LogP contribution in [0.15, 0.2) is 48.5 Å². The van der Waals surface area contributed by atoms with E-state index in [1.165, 1.54) is 12.1 Å². The van der Waals surface area contributed by atoms with Crippen molar-refractivity contribution in [3.63, 3.8) is 0 Å². The van der Waals surface area contributed by atoms with Gasteiger partial charge >= 0.3 is 0 Å². The van der Waals surface area contributed by atoms with E-state index in [0.29, 0.717) is 13.0 Å². The average Bonchev–Trinajstić information content (AvgIpc) is 2.55. The molecule has 2 rings (SSSR count). The van der Waals surface area contributed by atoms with Crippen molar-refractivity contribution in [1.29, 1.82) is 0 Å². The first kappa shape index (κ1) is 15.7. The molecule has 0 saturated carbocycles. The summed E-state index contributed by atoms with van der Waals surface area (Å²) in [5.41, 5.74) is 1.99. The molecule has 0 radical (unpaired) electrons. The summed E-state index contributed by atoms with van der Waals surface area (Å²) in [7, 11) is 0. The highest BCUT2D eigenvalue weighted by Crippen LogP contribution is 2.16. The van der Waals surface area contributed by atoms with Gasteiger partial charge in [0.2, 0.25) is 0 Å². The number of rotatable bonds is 7. The van der Waals surface area contributed by atoms with Crippen LogP contribution in [0.25, 0.3) is 12.2 Å². The molecule has 0 atom stereocenters. The van der Waals surface area contributed by atoms with Crippen molar-refractivity contribution in [3.05, 3.63) is 69.8 Å². The van der Waals surface area contributed by atoms with E-state index < -0.39 is 4.92 Å². The molecule has 2 aromatic rings. The molecule has 0 heterocycles. The number of aliphatic hydroxyl groups excluding tert-OH is 1. The molecule has 1 N–H and O–H groups in total. The van der Waals surface area contributed by atoms with Gasteiger partial charge in [0.1, 0.15) is 5.75 Å². The van der Waals surface area contributed by atoms with Crippen LogP contribution in [0, 0.1) is 10.1 Å². The molecule has 2 aromatic carbocycles. The maximum atomic E-state index is 10.6. The lowest BCUT2D eigenvalue weighted by molar-refractivity contribution is -0.384. The van der Waals surface area contributed by atoms with Gasteiger partial charge in [0, 0.05) is 25.2 Å². The van der Waals surface area contributed by atoms with E-state index in [1.807, 2.05) is 36.4 Å². The predicted octanol–water partition coefficient (Wildman–Crippen LogP) is 3.53. The van der Waals surface area contributed by atoms with Gasteiger partial charge in [-0.1, -0.05) is 24.3 Å². The third-order valence-electron chi connectivity index (χ3n) is 3.02. The molecular weight excluding hydrogens is 282 g/mol. The van der Waals surface area contributed by atoms with Gasteiger partial charge in [-0.3, -0.25) is 10.1 Å². The number of aliphatic hydroxyl groups is 1. The van der Waals surface area contributed by atoms with E-state index >= 15 is 0 Å². The zero-order chi connectivity index (χ0) is 15.8. The van der Waals surface area contributed by atoms with Gasteiger partial charge in [0.15, 0.2) is 0 Å². The third kappa shape index (κ3) is 4.71. The molecule has 5 nitrogen and oxygen atoms in total. The lowest BCUT2D eigenvalue weighted by atomic mass is 10.1. The zero-order valence-electron chi connectivity index (χ0n) is 12.0. The Labute approximate surface area is 128 Å². The Bertz CT molecular complexity index is 633. The lowest BCUT2D eigenvalue weighted by Crippen LogP contribution is -1.99. The average molecular weight is 299 g/mol. The van der Waals surface area contributed by atoms with Crippen LogP contribution < -0.4 is 4.74 Å². The van der Waals surface area contributed by atoms with Crippen molar-refractivity contribution in [3.8, 4) is 5.75 Å². The van der Waals surface area contributed by atoms with Gasteiger partial charge < -0.3 is 9.84 Å². The highest BCUT2D eigenvalue weighted by Gasteiger charge is 2.02. The van der Waals surface area contributed by atoms with Crippen LogP contribution in [-0.4, -0.2) is 23.2 Å². The maximum absolute atomic E-state index is 10.6. The molecule has 0 bridgehead atoms. The Kier molecular flexibility index (Phi) is 5.68. The van der Waals surface area contributed by atoms with Crippen molar-refractivity contribution in [2.45, 2.75) is 6.42 Å². The fourth-order valence-electron chi connectivity index (χ4n) is 1.83. The van der Waals surface area contributed by atoms with Crippen molar-refractivity contribution in [2.75, 3.05) is 13.2 Å². The van der Waals surface area contributed by atoms with Crippen molar-refractivity contribution in [1.82, 2.24) is 0 Å². The number of non-ortho nitro benzene ring substituents is 1. The van der Waals surface area contributed by atoms with E-state index in [0.717, 1.165) is 16.9 Å². The number of benzene rings is 2. The molecule has 0 amide bonds. The fraction of sp³-hybridized carbons (Fsp3) is 0.176. The predicted molar refractivity (Wildman–Crippen MR) is 85.7 cm³/mol. The van der Waals surface area contributed by atoms with Gasteiger partial charge in [0.05, 0.1) is 11.5 Å². The minimum Gasteiger partial charge on any atom is -0.494 e. The van der Waals surface area contributed by atoms with E-state index in [4.69, 9.17) is 9.84 Å². The molecule has 5 heteroatoms. The highest BCUT2D eigenvalue weighted by molar-refractivity contribution is 5.70. The molecule has 0 fully saturated rings. The summed E-state index contributed by atoms with van der Waals surface area (Å²) < 4.78 is 5.45. The summed E-state index contributed by atoms with van der Waals surface area (Å²) >= 11 is 0. The summed E-state index contributed by atoms with van der Waals surface area (Å²) in [6.07, 6.45) is 4.44. The summed E-state index contributed by atoms with van der Waals surface area (Å²) in [5, 5.41) is 19.3. The van der Waals surface area contributed by atoms with Crippen LogP contribution >= 0.6 is 0 Å². The number of nitro benzene ring substituents is 1. The second-order valence-corrected chi connectivity index (χ2v) is 4.68. The van der Waals surface area contributed by atoms with Crippen LogP contribution in [0.4, 0.5) is 5.69 Å². The molecule has 0 unspecified atom stereocenters. The first-order valence-corrected chi connectivity index (χ1v) is 6.95. The number of hydrogen-bond acceptors (Lipinski definition) is 4. The molecular formula is C17H17NO4. The second kappa shape index (κ2) is 7.95. The van der Waals surface area contributed by atoms with Crippen molar-refractivity contribution < 1.29 is 14.8 Å². The Hall–Kier alpha value is -2.66. The first-order chi connectivity index (χ1) is 10.7. The van der Waals surface area contributed by atoms with Gasteiger partial charge in [0.25, 0.3) is 5.69 Å². The van der Waals surface area contributed by atoms with Crippen molar-refractivity contribution in [2.24, 2.45) is 0 Å². The maximum Gasteiger partial charge on any atom is 0.269 e. The molecule has 22 heavy (non-hydrogen) atoms. The number of nitrogens with zero attached hydrogens (tertiary/aromatic N) is 1. The van der Waals surface area contributed by atoms with Crippen LogP contribution in [0.2, 0.25) is 0 Å². The number of ether oxygens (including phenoxy) is 1. The SMILES string of the molecule is O=[N+]([O-])c1ccc(C=Cc2ccc(OCCCO)cc2)cc1. The lowest BCUT2D eigenvalue weighted by Gasteiger charge is -2.04. The van der Waals surface area contributed by atoms with E-state index in [9.17, 15) is 10.1 Å². The molecule has 0 aromatic heterocycles. The standard InChI is InChI=1S/C17H17NO4/c19-12-1-13-22-17-10-6-15(7-11-17)3-2-14-4-8-16(9-5-14)18(20)21/h2-11,19H,1,12-13H2. The minimum absolute atomic E-state index is 0.0848. The highest BCUT2D eigenvalue weighted by atomic mass is 16.6. The minimum atomic E-state index is -0.414. The van der Waals surface area contributed by atoms with Crippen LogP contribution in [-0.2, 0) is 0 Å². The van der Waals surface area contributed by atoms with E-state index in [-0.39, 0.29) is 12.3 Å². The second-order valence-electron chi connectivity index (χ2n) is 4.68. The molecule has 114 valence electrons. The fourth-order valence-corrected chi connectivity index (χ4v) is 1.83.